The number of hydrogen-bond donors (Lipinski definition) is 0. The molecular weight excluding hydrogens is 681 g/mol. The largest absolute Gasteiger partial charge is 0.748 e. The lowest BCUT2D eigenvalue weighted by molar-refractivity contribution is 0.132. The predicted molar refractivity (Wildman–Crippen MR) is 197 cm³/mol. The molecule has 1 atom stereocenters. The minimum Gasteiger partial charge on any atom is -0.748 e. The van der Waals surface area contributed by atoms with Crippen LogP contribution in [-0.4, -0.2) is 38.7 Å². The Balaban J connectivity index is 0.000000500. The van der Waals surface area contributed by atoms with Gasteiger partial charge in [0.25, 0.3) is 11.9 Å². The number of unbranched alkanes of at least 4 members (excludes halogenated alkanes) is 18. The standard InChI is InChI=1S/2C19H34O5S/c1-3-5-7-9-11-13-17(12-10-8-6-4-2)23-19-15-14-18(24-19)16-25(20,21)22;1-2-3-4-5-6-7-8-9-10-11-12-13-16-23-19-15-14-18(24-19)17-25(20,21)22/h14-15,17H,3-13,16H2,1-2H3,(H,20,21,22);14-15H,2-13,16-17H2,1H3,(H,20,21,22)/p-2. The molecule has 12 heteroatoms. The molecule has 0 aliphatic rings. The van der Waals surface area contributed by atoms with Crippen molar-refractivity contribution in [3.63, 3.8) is 0 Å². The Morgan fingerprint density at radius 1 is 0.520 bits per heavy atom. The van der Waals surface area contributed by atoms with Gasteiger partial charge in [-0.05, 0) is 44.2 Å². The van der Waals surface area contributed by atoms with Crippen molar-refractivity contribution in [3.05, 3.63) is 35.8 Å². The van der Waals surface area contributed by atoms with Gasteiger partial charge in [-0.3, -0.25) is 0 Å². The highest BCUT2D eigenvalue weighted by molar-refractivity contribution is 7.85. The first kappa shape index (κ1) is 46.0. The van der Waals surface area contributed by atoms with Crippen LogP contribution in [-0.2, 0) is 31.7 Å². The van der Waals surface area contributed by atoms with Crippen LogP contribution < -0.4 is 9.47 Å². The van der Waals surface area contributed by atoms with Gasteiger partial charge in [0.1, 0.15) is 37.9 Å². The van der Waals surface area contributed by atoms with E-state index < -0.39 is 31.7 Å². The zero-order valence-corrected chi connectivity index (χ0v) is 32.8. The maximum atomic E-state index is 10.8. The van der Waals surface area contributed by atoms with Crippen LogP contribution in [0.25, 0.3) is 0 Å². The molecule has 0 N–H and O–H groups in total. The number of hydrogen-bond acceptors (Lipinski definition) is 10. The molecule has 0 saturated heterocycles. The van der Waals surface area contributed by atoms with Gasteiger partial charge in [-0.2, -0.15) is 0 Å². The maximum Gasteiger partial charge on any atom is 0.284 e. The third kappa shape index (κ3) is 27.7. The molecule has 50 heavy (non-hydrogen) atoms. The highest BCUT2D eigenvalue weighted by Crippen LogP contribution is 2.24. The van der Waals surface area contributed by atoms with E-state index in [0.717, 1.165) is 38.5 Å². The zero-order chi connectivity index (χ0) is 36.9. The summed E-state index contributed by atoms with van der Waals surface area (Å²) in [6.45, 7) is 7.19. The first-order valence-electron chi connectivity index (χ1n) is 19.3. The van der Waals surface area contributed by atoms with Crippen molar-refractivity contribution in [2.24, 2.45) is 0 Å². The van der Waals surface area contributed by atoms with E-state index in [2.05, 4.69) is 20.8 Å². The Bertz CT molecular complexity index is 1280. The van der Waals surface area contributed by atoms with Crippen LogP contribution in [0, 0.1) is 0 Å². The fraction of sp³-hybridized carbons (Fsp3) is 0.789. The summed E-state index contributed by atoms with van der Waals surface area (Å²) < 4.78 is 86.2. The molecular formula is C38H66O10S2-2. The Hall–Kier alpha value is -2.02. The highest BCUT2D eigenvalue weighted by atomic mass is 32.2. The third-order valence-corrected chi connectivity index (χ3v) is 9.72. The summed E-state index contributed by atoms with van der Waals surface area (Å²) in [6, 6.07) is 6.13. The first-order chi connectivity index (χ1) is 24.0. The lowest BCUT2D eigenvalue weighted by atomic mass is 10.0. The van der Waals surface area contributed by atoms with Crippen molar-refractivity contribution in [1.29, 1.82) is 0 Å². The summed E-state index contributed by atoms with van der Waals surface area (Å²) in [6.07, 6.45) is 28.3. The van der Waals surface area contributed by atoms with Crippen molar-refractivity contribution in [2.45, 2.75) is 186 Å². The molecule has 2 aromatic rings. The molecule has 2 aromatic heterocycles. The summed E-state index contributed by atoms with van der Waals surface area (Å²) in [5.74, 6) is -0.407. The van der Waals surface area contributed by atoms with E-state index in [1.165, 1.54) is 121 Å². The van der Waals surface area contributed by atoms with Crippen LogP contribution in [0.2, 0.25) is 0 Å². The van der Waals surface area contributed by atoms with Gasteiger partial charge in [0.05, 0.1) is 18.1 Å². The van der Waals surface area contributed by atoms with Crippen LogP contribution in [0.4, 0.5) is 0 Å². The van der Waals surface area contributed by atoms with Crippen LogP contribution in [0.3, 0.4) is 0 Å². The van der Waals surface area contributed by atoms with Gasteiger partial charge in [0.2, 0.25) is 0 Å². The third-order valence-electron chi connectivity index (χ3n) is 8.45. The highest BCUT2D eigenvalue weighted by Gasteiger charge is 2.14. The number of ether oxygens (including phenoxy) is 2. The lowest BCUT2D eigenvalue weighted by Gasteiger charge is -2.17. The SMILES string of the molecule is CCCCCCCC(CCCCCC)Oc1ccc(CS(=O)(=O)[O-])o1.CCCCCCCCCCCCCCOc1ccc(CS(=O)(=O)[O-])o1. The fourth-order valence-corrected chi connectivity index (χ4v) is 6.68. The van der Waals surface area contributed by atoms with Crippen LogP contribution in [0.15, 0.2) is 33.1 Å². The molecule has 0 radical (unpaired) electrons. The molecule has 0 bridgehead atoms. The molecule has 0 saturated carbocycles. The Kier molecular flexibility index (Phi) is 26.3. The van der Waals surface area contributed by atoms with Gasteiger partial charge in [-0.1, -0.05) is 136 Å². The van der Waals surface area contributed by atoms with Gasteiger partial charge in [0, 0.05) is 12.1 Å². The smallest absolute Gasteiger partial charge is 0.284 e. The molecule has 0 spiro atoms. The minimum absolute atomic E-state index is 0.0846. The van der Waals surface area contributed by atoms with E-state index in [1.807, 2.05) is 0 Å². The van der Waals surface area contributed by atoms with Crippen LogP contribution in [0.5, 0.6) is 11.9 Å². The quantitative estimate of drug-likeness (QED) is 0.0536. The summed E-state index contributed by atoms with van der Waals surface area (Å²) in [7, 11) is -8.65. The van der Waals surface area contributed by atoms with Crippen molar-refractivity contribution >= 4 is 20.2 Å². The van der Waals surface area contributed by atoms with Crippen molar-refractivity contribution in [3.8, 4) is 11.9 Å². The topological polar surface area (TPSA) is 159 Å². The predicted octanol–water partition coefficient (Wildman–Crippen LogP) is 10.8. The summed E-state index contributed by atoms with van der Waals surface area (Å²) in [5.41, 5.74) is 0. The molecule has 2 heterocycles. The summed E-state index contributed by atoms with van der Waals surface area (Å²) in [4.78, 5) is 0. The van der Waals surface area contributed by atoms with Gasteiger partial charge in [-0.15, -0.1) is 0 Å². The molecule has 2 rings (SSSR count). The lowest BCUT2D eigenvalue weighted by Crippen LogP contribution is -2.16. The number of furan rings is 2. The van der Waals surface area contributed by atoms with Crippen molar-refractivity contribution in [1.82, 2.24) is 0 Å². The van der Waals surface area contributed by atoms with E-state index in [1.54, 1.807) is 12.1 Å². The van der Waals surface area contributed by atoms with Gasteiger partial charge < -0.3 is 27.4 Å². The second-order valence-electron chi connectivity index (χ2n) is 13.4. The normalized spacial score (nSPS) is 12.4. The monoisotopic (exact) mass is 746 g/mol. The molecule has 292 valence electrons. The minimum atomic E-state index is -4.34. The molecule has 0 amide bonds. The van der Waals surface area contributed by atoms with E-state index in [0.29, 0.717) is 12.6 Å². The molecule has 0 aliphatic heterocycles. The maximum absolute atomic E-state index is 10.8. The first-order valence-corrected chi connectivity index (χ1v) is 22.4. The van der Waals surface area contributed by atoms with E-state index >= 15 is 0 Å². The van der Waals surface area contributed by atoms with Crippen LogP contribution in [0.1, 0.15) is 180 Å². The van der Waals surface area contributed by atoms with Crippen molar-refractivity contribution < 1.29 is 44.2 Å². The average Bonchev–Trinajstić information content (AvgIpc) is 3.68. The zero-order valence-electron chi connectivity index (χ0n) is 31.2. The van der Waals surface area contributed by atoms with E-state index in [-0.39, 0.29) is 23.6 Å². The average molecular weight is 747 g/mol. The van der Waals surface area contributed by atoms with Gasteiger partial charge >= 0.3 is 0 Å². The van der Waals surface area contributed by atoms with Crippen molar-refractivity contribution in [2.75, 3.05) is 6.61 Å². The Labute approximate surface area is 304 Å². The number of rotatable bonds is 31. The second-order valence-corrected chi connectivity index (χ2v) is 16.2. The molecule has 0 aliphatic carbocycles. The molecule has 0 fully saturated rings. The molecule has 1 unspecified atom stereocenters. The molecule has 0 aromatic carbocycles. The van der Waals surface area contributed by atoms with E-state index in [9.17, 15) is 25.9 Å². The van der Waals surface area contributed by atoms with E-state index in [4.69, 9.17) is 18.3 Å². The summed E-state index contributed by atoms with van der Waals surface area (Å²) >= 11 is 0. The van der Waals surface area contributed by atoms with Gasteiger partial charge in [0.15, 0.2) is 0 Å². The summed E-state index contributed by atoms with van der Waals surface area (Å²) in [5, 5.41) is 0. The molecule has 10 nitrogen and oxygen atoms in total. The Morgan fingerprint density at radius 2 is 0.880 bits per heavy atom. The van der Waals surface area contributed by atoms with Gasteiger partial charge in [-0.25, -0.2) is 16.8 Å². The second kappa shape index (κ2) is 28.6. The van der Waals surface area contributed by atoms with Crippen LogP contribution >= 0.6 is 0 Å². The Morgan fingerprint density at radius 3 is 1.32 bits per heavy atom. The fourth-order valence-electron chi connectivity index (χ4n) is 5.68.